The fourth-order valence-electron chi connectivity index (χ4n) is 0.224. The minimum atomic E-state index is 0. The van der Waals surface area contributed by atoms with Gasteiger partial charge in [0.25, 0.3) is 0 Å². The Balaban J connectivity index is 0. The van der Waals surface area contributed by atoms with Gasteiger partial charge in [-0.2, -0.15) is 4.65 Å². The Morgan fingerprint density at radius 3 is 1.50 bits per heavy atom. The van der Waals surface area contributed by atoms with Crippen LogP contribution >= 0.6 is 0 Å². The van der Waals surface area contributed by atoms with E-state index in [1.54, 1.807) is 7.05 Å². The molecule has 3 N–H and O–H groups in total. The second-order valence-corrected chi connectivity index (χ2v) is 1.97. The lowest BCUT2D eigenvalue weighted by Crippen LogP contribution is -2.39. The Hall–Kier alpha value is -0.120. The predicted molar refractivity (Wildman–Crippen MR) is 32.7 cm³/mol. The molecule has 0 aliphatic carbocycles. The van der Waals surface area contributed by atoms with Gasteiger partial charge in [0.1, 0.15) is 13.1 Å². The van der Waals surface area contributed by atoms with Gasteiger partial charge in [0.15, 0.2) is 0 Å². The lowest BCUT2D eigenvalue weighted by Gasteiger charge is -2.20. The largest absolute Gasteiger partial charge is 0.412 e. The van der Waals surface area contributed by atoms with E-state index in [0.29, 0.717) is 0 Å². The summed E-state index contributed by atoms with van der Waals surface area (Å²) in [6, 6.07) is 0. The average molecular weight is 122 g/mol. The van der Waals surface area contributed by atoms with Crippen LogP contribution in [0, 0.1) is 0 Å². The van der Waals surface area contributed by atoms with Crippen molar-refractivity contribution in [2.75, 3.05) is 20.1 Å². The van der Waals surface area contributed by atoms with Gasteiger partial charge in [-0.25, -0.2) is 5.21 Å². The van der Waals surface area contributed by atoms with E-state index in [2.05, 4.69) is 0 Å². The Morgan fingerprint density at radius 1 is 1.25 bits per heavy atom. The van der Waals surface area contributed by atoms with E-state index < -0.39 is 0 Å². The van der Waals surface area contributed by atoms with Gasteiger partial charge in [0.2, 0.25) is 0 Å². The molecule has 0 atom stereocenters. The number of quaternary nitrogens is 1. The van der Waals surface area contributed by atoms with Crippen LogP contribution in [0.15, 0.2) is 0 Å². The predicted octanol–water partition coefficient (Wildman–Crippen LogP) is 0.0373. The highest BCUT2D eigenvalue weighted by atomic mass is 16.5. The maximum absolute atomic E-state index is 9.07. The summed E-state index contributed by atoms with van der Waals surface area (Å²) in [6.45, 7) is 5.50. The van der Waals surface area contributed by atoms with Gasteiger partial charge in [-0.15, -0.1) is 0 Å². The summed E-state index contributed by atoms with van der Waals surface area (Å²) < 4.78 is 0.139. The second kappa shape index (κ2) is 3.83. The fraction of sp³-hybridized carbons (Fsp3) is 1.00. The van der Waals surface area contributed by atoms with Crippen LogP contribution in [0.5, 0.6) is 0 Å². The third kappa shape index (κ3) is 4.05. The second-order valence-electron chi connectivity index (χ2n) is 1.97. The first-order chi connectivity index (χ1) is 3.12. The molecule has 0 rings (SSSR count). The number of hydrogen-bond acceptors (Lipinski definition) is 1. The molecule has 52 valence electrons. The normalized spacial score (nSPS) is 10.5. The summed E-state index contributed by atoms with van der Waals surface area (Å²) in [5, 5.41) is 9.07. The van der Waals surface area contributed by atoms with Crippen molar-refractivity contribution < 1.29 is 15.3 Å². The zero-order valence-electron chi connectivity index (χ0n) is 5.81. The van der Waals surface area contributed by atoms with E-state index in [9.17, 15) is 0 Å². The van der Waals surface area contributed by atoms with E-state index in [1.165, 1.54) is 0 Å². The summed E-state index contributed by atoms with van der Waals surface area (Å²) in [5.74, 6) is 0. The van der Waals surface area contributed by atoms with Crippen molar-refractivity contribution >= 4 is 0 Å². The number of hydroxylamine groups is 3. The SMILES string of the molecule is CC[N+](C)(O)CC.O. The maximum Gasteiger partial charge on any atom is 0.106 e. The molecule has 0 fully saturated rings. The molecular formula is C5H16NO2+. The van der Waals surface area contributed by atoms with Crippen LogP contribution in [0.3, 0.4) is 0 Å². The molecule has 0 aromatic carbocycles. The fourth-order valence-corrected chi connectivity index (χ4v) is 0.224. The summed E-state index contributed by atoms with van der Waals surface area (Å²) in [7, 11) is 1.79. The maximum atomic E-state index is 9.07. The van der Waals surface area contributed by atoms with Crippen molar-refractivity contribution in [3.8, 4) is 0 Å². The first-order valence-corrected chi connectivity index (χ1v) is 2.69. The molecular weight excluding hydrogens is 106 g/mol. The Labute approximate surface area is 50.4 Å². The molecule has 0 heterocycles. The first kappa shape index (κ1) is 10.8. The quantitative estimate of drug-likeness (QED) is 0.408. The van der Waals surface area contributed by atoms with Crippen LogP contribution in [-0.2, 0) is 0 Å². The third-order valence-corrected chi connectivity index (χ3v) is 1.36. The number of hydrogen-bond donors (Lipinski definition) is 1. The molecule has 3 heteroatoms. The molecule has 0 aromatic heterocycles. The Morgan fingerprint density at radius 2 is 1.50 bits per heavy atom. The smallest absolute Gasteiger partial charge is 0.106 e. The Bertz CT molecular complexity index is 48.4. The van der Waals surface area contributed by atoms with Crippen molar-refractivity contribution in [2.45, 2.75) is 13.8 Å². The first-order valence-electron chi connectivity index (χ1n) is 2.69. The highest BCUT2D eigenvalue weighted by Crippen LogP contribution is 1.90. The van der Waals surface area contributed by atoms with Crippen molar-refractivity contribution in [3.63, 3.8) is 0 Å². The van der Waals surface area contributed by atoms with Crippen LogP contribution in [0.4, 0.5) is 0 Å². The molecule has 3 nitrogen and oxygen atoms in total. The summed E-state index contributed by atoms with van der Waals surface area (Å²) in [5.41, 5.74) is 0. The third-order valence-electron chi connectivity index (χ3n) is 1.36. The monoisotopic (exact) mass is 122 g/mol. The molecule has 0 saturated heterocycles. The van der Waals surface area contributed by atoms with E-state index in [-0.39, 0.29) is 10.1 Å². The molecule has 0 unspecified atom stereocenters. The highest BCUT2D eigenvalue weighted by Gasteiger charge is 2.09. The average Bonchev–Trinajstić information content (AvgIpc) is 1.68. The van der Waals surface area contributed by atoms with Crippen LogP contribution in [-0.4, -0.2) is 35.5 Å². The van der Waals surface area contributed by atoms with Gasteiger partial charge in [0, 0.05) is 0 Å². The van der Waals surface area contributed by atoms with Crippen molar-refractivity contribution in [1.82, 2.24) is 0 Å². The lowest BCUT2D eigenvalue weighted by molar-refractivity contribution is -1.08. The molecule has 0 saturated carbocycles. The van der Waals surface area contributed by atoms with Crippen molar-refractivity contribution in [1.29, 1.82) is 0 Å². The van der Waals surface area contributed by atoms with Crippen LogP contribution < -0.4 is 0 Å². The zero-order valence-corrected chi connectivity index (χ0v) is 5.81. The zero-order chi connectivity index (χ0) is 5.91. The summed E-state index contributed by atoms with van der Waals surface area (Å²) >= 11 is 0. The van der Waals surface area contributed by atoms with Crippen LogP contribution in [0.25, 0.3) is 0 Å². The van der Waals surface area contributed by atoms with E-state index in [0.717, 1.165) is 13.1 Å². The molecule has 0 bridgehead atoms. The van der Waals surface area contributed by atoms with Crippen molar-refractivity contribution in [3.05, 3.63) is 0 Å². The van der Waals surface area contributed by atoms with Crippen LogP contribution in [0.1, 0.15) is 13.8 Å². The van der Waals surface area contributed by atoms with Gasteiger partial charge in [-0.3, -0.25) is 0 Å². The number of nitrogens with zero attached hydrogens (tertiary/aromatic N) is 1. The molecule has 0 aliphatic rings. The van der Waals surface area contributed by atoms with Gasteiger partial charge in [-0.1, -0.05) is 0 Å². The molecule has 0 radical (unpaired) electrons. The highest BCUT2D eigenvalue weighted by molar-refractivity contribution is 4.10. The minimum absolute atomic E-state index is 0. The summed E-state index contributed by atoms with van der Waals surface area (Å²) in [4.78, 5) is 0. The van der Waals surface area contributed by atoms with E-state index in [1.807, 2.05) is 13.8 Å². The van der Waals surface area contributed by atoms with Crippen molar-refractivity contribution in [2.24, 2.45) is 0 Å². The lowest BCUT2D eigenvalue weighted by atomic mass is 10.6. The van der Waals surface area contributed by atoms with Gasteiger partial charge in [0.05, 0.1) is 7.05 Å². The standard InChI is InChI=1S/C5H14NO.H2O/c1-4-6(3,7)5-2;/h7H,4-5H2,1-3H3;1H2/q+1;. The van der Waals surface area contributed by atoms with E-state index >= 15 is 0 Å². The van der Waals surface area contributed by atoms with Crippen LogP contribution in [0.2, 0.25) is 0 Å². The Kier molecular flexibility index (Phi) is 5.17. The van der Waals surface area contributed by atoms with E-state index in [4.69, 9.17) is 5.21 Å². The molecule has 0 spiro atoms. The number of rotatable bonds is 2. The van der Waals surface area contributed by atoms with Gasteiger partial charge >= 0.3 is 0 Å². The molecule has 0 amide bonds. The molecule has 0 aliphatic heterocycles. The molecule has 8 heavy (non-hydrogen) atoms. The minimum Gasteiger partial charge on any atom is -0.412 e. The van der Waals surface area contributed by atoms with Gasteiger partial charge in [-0.05, 0) is 13.8 Å². The van der Waals surface area contributed by atoms with Gasteiger partial charge < -0.3 is 5.48 Å². The summed E-state index contributed by atoms with van der Waals surface area (Å²) in [6.07, 6.45) is 0. The molecule has 0 aromatic rings. The topological polar surface area (TPSA) is 51.7 Å².